The molecule has 3 aromatic heterocycles. The summed E-state index contributed by atoms with van der Waals surface area (Å²) >= 11 is 1.33. The number of fused-ring (bicyclic) bond motifs is 1. The van der Waals surface area contributed by atoms with Gasteiger partial charge in [-0.05, 0) is 31.5 Å². The third-order valence-corrected chi connectivity index (χ3v) is 5.05. The number of anilines is 1. The number of hydrogen-bond donors (Lipinski definition) is 2. The average molecular weight is 356 g/mol. The van der Waals surface area contributed by atoms with Crippen LogP contribution < -0.4 is 5.32 Å². The largest absolute Gasteiger partial charge is 0.504 e. The Morgan fingerprint density at radius 2 is 1.96 bits per heavy atom. The van der Waals surface area contributed by atoms with Crippen molar-refractivity contribution in [3.8, 4) is 5.75 Å². The van der Waals surface area contributed by atoms with E-state index in [2.05, 4.69) is 41.0 Å². The Balaban J connectivity index is 2.05. The predicted molar refractivity (Wildman–Crippen MR) is 99.4 cm³/mol. The Hall–Kier alpha value is -2.54. The molecule has 0 aliphatic rings. The van der Waals surface area contributed by atoms with Gasteiger partial charge in [0.2, 0.25) is 0 Å². The van der Waals surface area contributed by atoms with E-state index in [9.17, 15) is 9.90 Å². The van der Waals surface area contributed by atoms with Gasteiger partial charge in [0.25, 0.3) is 5.91 Å². The Morgan fingerprint density at radius 3 is 2.60 bits per heavy atom. The van der Waals surface area contributed by atoms with E-state index in [4.69, 9.17) is 0 Å². The summed E-state index contributed by atoms with van der Waals surface area (Å²) in [5.74, 6) is 0.516. The van der Waals surface area contributed by atoms with Crippen LogP contribution in [0.25, 0.3) is 10.2 Å². The van der Waals surface area contributed by atoms with Crippen LogP contribution in [-0.4, -0.2) is 26.0 Å². The van der Waals surface area contributed by atoms with Gasteiger partial charge < -0.3 is 10.4 Å². The molecule has 0 aliphatic carbocycles. The average Bonchev–Trinajstić information content (AvgIpc) is 2.86. The van der Waals surface area contributed by atoms with Crippen molar-refractivity contribution in [2.75, 3.05) is 5.32 Å². The molecule has 25 heavy (non-hydrogen) atoms. The number of aromatic nitrogens is 3. The summed E-state index contributed by atoms with van der Waals surface area (Å²) in [5, 5.41) is 13.4. The molecule has 0 saturated heterocycles. The number of thiophene rings is 1. The Labute approximate surface area is 150 Å². The third kappa shape index (κ3) is 3.19. The normalized spacial score (nSPS) is 11.7. The summed E-state index contributed by atoms with van der Waals surface area (Å²) in [7, 11) is 0. The van der Waals surface area contributed by atoms with Crippen molar-refractivity contribution in [1.82, 2.24) is 15.0 Å². The van der Waals surface area contributed by atoms with Crippen LogP contribution in [0.4, 0.5) is 5.82 Å². The van der Waals surface area contributed by atoms with Crippen LogP contribution in [0.3, 0.4) is 0 Å². The van der Waals surface area contributed by atoms with E-state index in [1.165, 1.54) is 23.6 Å². The highest BCUT2D eigenvalue weighted by molar-refractivity contribution is 7.20. The van der Waals surface area contributed by atoms with Gasteiger partial charge in [0.1, 0.15) is 10.7 Å². The number of nitrogens with zero attached hydrogens (tertiary/aromatic N) is 3. The Kier molecular flexibility index (Phi) is 4.20. The lowest BCUT2D eigenvalue weighted by molar-refractivity contribution is 0.102. The molecule has 3 rings (SSSR count). The van der Waals surface area contributed by atoms with Gasteiger partial charge >= 0.3 is 0 Å². The zero-order valence-electron chi connectivity index (χ0n) is 14.8. The topological polar surface area (TPSA) is 88.0 Å². The summed E-state index contributed by atoms with van der Waals surface area (Å²) in [6.45, 7) is 10.0. The predicted octanol–water partition coefficient (Wildman–Crippen LogP) is 3.96. The number of pyridine rings is 1. The van der Waals surface area contributed by atoms with Crippen LogP contribution in [0.1, 0.15) is 47.5 Å². The highest BCUT2D eigenvalue weighted by Crippen LogP contribution is 2.33. The van der Waals surface area contributed by atoms with E-state index in [0.717, 1.165) is 27.3 Å². The first-order valence-corrected chi connectivity index (χ1v) is 8.73. The standard InChI is InChI=1S/C18H20N4O2S/c1-9-12-10(2)20-17(18(3,4)5)22-16(12)25-13(9)15(24)21-14-11(23)7-6-8-19-14/h6-8,23H,1-5H3,(H,19,21,24). The quantitative estimate of drug-likeness (QED) is 0.725. The number of carbonyl (C=O) groups excluding carboxylic acids is 1. The molecular formula is C18H20N4O2S. The summed E-state index contributed by atoms with van der Waals surface area (Å²) in [4.78, 5) is 27.3. The van der Waals surface area contributed by atoms with Gasteiger partial charge in [-0.1, -0.05) is 20.8 Å². The first kappa shape index (κ1) is 17.3. The van der Waals surface area contributed by atoms with Crippen LogP contribution in [0.15, 0.2) is 18.3 Å². The lowest BCUT2D eigenvalue weighted by atomic mass is 9.95. The van der Waals surface area contributed by atoms with E-state index in [1.54, 1.807) is 6.07 Å². The maximum absolute atomic E-state index is 12.6. The van der Waals surface area contributed by atoms with Crippen molar-refractivity contribution in [2.45, 2.75) is 40.0 Å². The lowest BCUT2D eigenvalue weighted by Crippen LogP contribution is -2.16. The second-order valence-corrected chi connectivity index (χ2v) is 7.94. The third-order valence-electron chi connectivity index (χ3n) is 3.87. The zero-order chi connectivity index (χ0) is 18.4. The smallest absolute Gasteiger partial charge is 0.267 e. The first-order valence-electron chi connectivity index (χ1n) is 7.92. The number of aryl methyl sites for hydroxylation is 2. The monoisotopic (exact) mass is 356 g/mol. The van der Waals surface area contributed by atoms with Crippen molar-refractivity contribution < 1.29 is 9.90 Å². The Bertz CT molecular complexity index is 973. The number of hydrogen-bond acceptors (Lipinski definition) is 6. The molecule has 0 aromatic carbocycles. The number of aromatic hydroxyl groups is 1. The molecule has 1 amide bonds. The van der Waals surface area contributed by atoms with Crippen LogP contribution in [-0.2, 0) is 5.41 Å². The Morgan fingerprint density at radius 1 is 1.24 bits per heavy atom. The number of amides is 1. The van der Waals surface area contributed by atoms with Crippen molar-refractivity contribution in [3.05, 3.63) is 40.3 Å². The van der Waals surface area contributed by atoms with Gasteiger partial charge in [-0.15, -0.1) is 11.3 Å². The molecule has 0 saturated carbocycles. The number of carbonyl (C=O) groups is 1. The molecule has 0 atom stereocenters. The fourth-order valence-corrected chi connectivity index (χ4v) is 3.68. The van der Waals surface area contributed by atoms with Crippen molar-refractivity contribution in [3.63, 3.8) is 0 Å². The van der Waals surface area contributed by atoms with E-state index in [1.807, 2.05) is 13.8 Å². The lowest BCUT2D eigenvalue weighted by Gasteiger charge is -2.16. The molecule has 3 aromatic rings. The van der Waals surface area contributed by atoms with E-state index >= 15 is 0 Å². The van der Waals surface area contributed by atoms with E-state index in [-0.39, 0.29) is 22.9 Å². The summed E-state index contributed by atoms with van der Waals surface area (Å²) in [6.07, 6.45) is 1.51. The molecule has 0 fully saturated rings. The number of nitrogens with one attached hydrogen (secondary N) is 1. The molecule has 3 heterocycles. The van der Waals surface area contributed by atoms with Gasteiger partial charge in [0, 0.05) is 17.0 Å². The van der Waals surface area contributed by atoms with Crippen molar-refractivity contribution >= 4 is 33.3 Å². The molecule has 130 valence electrons. The van der Waals surface area contributed by atoms with Gasteiger partial charge in [-0.25, -0.2) is 15.0 Å². The molecule has 0 bridgehead atoms. The minimum absolute atomic E-state index is 0.0689. The van der Waals surface area contributed by atoms with Crippen LogP contribution in [0.5, 0.6) is 5.75 Å². The van der Waals surface area contributed by atoms with Crippen molar-refractivity contribution in [2.24, 2.45) is 0 Å². The molecule has 2 N–H and O–H groups in total. The fraction of sp³-hybridized carbons (Fsp3) is 0.333. The fourth-order valence-electron chi connectivity index (χ4n) is 2.55. The first-order chi connectivity index (χ1) is 11.7. The molecule has 6 nitrogen and oxygen atoms in total. The second-order valence-electron chi connectivity index (χ2n) is 6.94. The van der Waals surface area contributed by atoms with Gasteiger partial charge in [0.15, 0.2) is 11.6 Å². The zero-order valence-corrected chi connectivity index (χ0v) is 15.7. The van der Waals surface area contributed by atoms with Crippen LogP contribution in [0.2, 0.25) is 0 Å². The second kappa shape index (κ2) is 6.07. The maximum atomic E-state index is 12.6. The minimum Gasteiger partial charge on any atom is -0.504 e. The van der Waals surface area contributed by atoms with E-state index < -0.39 is 0 Å². The van der Waals surface area contributed by atoms with Gasteiger partial charge in [0.05, 0.1) is 10.6 Å². The molecule has 0 radical (unpaired) electrons. The van der Waals surface area contributed by atoms with Crippen molar-refractivity contribution in [1.29, 1.82) is 0 Å². The molecule has 0 aliphatic heterocycles. The maximum Gasteiger partial charge on any atom is 0.267 e. The molecule has 7 heteroatoms. The van der Waals surface area contributed by atoms with Crippen LogP contribution in [0, 0.1) is 13.8 Å². The summed E-state index contributed by atoms with van der Waals surface area (Å²) < 4.78 is 0. The highest BCUT2D eigenvalue weighted by Gasteiger charge is 2.23. The molecule has 0 unspecified atom stereocenters. The molecule has 0 spiro atoms. The highest BCUT2D eigenvalue weighted by atomic mass is 32.1. The minimum atomic E-state index is -0.314. The van der Waals surface area contributed by atoms with Gasteiger partial charge in [-0.3, -0.25) is 4.79 Å². The van der Waals surface area contributed by atoms with E-state index in [0.29, 0.717) is 4.88 Å². The van der Waals surface area contributed by atoms with Gasteiger partial charge in [-0.2, -0.15) is 0 Å². The summed E-state index contributed by atoms with van der Waals surface area (Å²) in [5.41, 5.74) is 1.54. The van der Waals surface area contributed by atoms with Crippen LogP contribution >= 0.6 is 11.3 Å². The summed E-state index contributed by atoms with van der Waals surface area (Å²) in [6, 6.07) is 3.08. The SMILES string of the molecule is Cc1nc(C(C)(C)C)nc2sc(C(=O)Nc3ncccc3O)c(C)c12. The molecular weight excluding hydrogens is 336 g/mol. The number of rotatable bonds is 2.